The molecule has 0 atom stereocenters. The van der Waals surface area contributed by atoms with Gasteiger partial charge in [-0.15, -0.1) is 0 Å². The van der Waals surface area contributed by atoms with Crippen molar-refractivity contribution in [1.29, 1.82) is 0 Å². The molecule has 0 bridgehead atoms. The summed E-state index contributed by atoms with van der Waals surface area (Å²) in [5, 5.41) is 1.66. The molecule has 9 rings (SSSR count). The van der Waals surface area contributed by atoms with E-state index in [1.807, 2.05) is 100 Å². The predicted molar refractivity (Wildman–Crippen MR) is 216 cm³/mol. The summed E-state index contributed by atoms with van der Waals surface area (Å²) in [6, 6.07) is 36.8. The average molecular weight is 676 g/mol. The van der Waals surface area contributed by atoms with Crippen LogP contribution in [-0.4, -0.2) is 0 Å². The van der Waals surface area contributed by atoms with E-state index < -0.39 is 37.3 Å². The van der Waals surface area contributed by atoms with Gasteiger partial charge in [-0.2, -0.15) is 0 Å². The van der Waals surface area contributed by atoms with Crippen molar-refractivity contribution in [1.82, 2.24) is 0 Å². The number of hydrogen-bond donors (Lipinski definition) is 0. The van der Waals surface area contributed by atoms with Gasteiger partial charge in [-0.25, -0.2) is 0 Å². The maximum Gasteiger partial charge on any atom is 0.137 e. The van der Waals surface area contributed by atoms with Crippen LogP contribution in [0.2, 0.25) is 0 Å². The fourth-order valence-corrected chi connectivity index (χ4v) is 8.98. The molecule has 0 N–H and O–H groups in total. The quantitative estimate of drug-likeness (QED) is 0.181. The van der Waals surface area contributed by atoms with Crippen LogP contribution in [0.3, 0.4) is 0 Å². The van der Waals surface area contributed by atoms with E-state index in [2.05, 4.69) is 43.0 Å². The van der Waals surface area contributed by atoms with Gasteiger partial charge in [0.15, 0.2) is 0 Å². The smallest absolute Gasteiger partial charge is 0.137 e. The first kappa shape index (κ1) is 22.7. The summed E-state index contributed by atoms with van der Waals surface area (Å²) in [6.07, 6.45) is -6.87. The van der Waals surface area contributed by atoms with Gasteiger partial charge in [0.2, 0.25) is 0 Å². The average Bonchev–Trinajstić information content (AvgIpc) is 3.78. The summed E-state index contributed by atoms with van der Waals surface area (Å²) in [5.41, 5.74) is 6.23. The Morgan fingerprint density at radius 3 is 2.16 bits per heavy atom. The zero-order valence-electron chi connectivity index (χ0n) is 39.8. The van der Waals surface area contributed by atoms with Crippen LogP contribution in [0.4, 0.5) is 17.1 Å². The minimum Gasteiger partial charge on any atom is -0.456 e. The largest absolute Gasteiger partial charge is 0.456 e. The highest BCUT2D eigenvalue weighted by Gasteiger charge is 2.44. The lowest BCUT2D eigenvalue weighted by molar-refractivity contribution is 0.487. The van der Waals surface area contributed by atoms with E-state index in [-0.39, 0.29) is 16.5 Å². The molecule has 0 amide bonds. The standard InChI is InChI=1S/C49H47NO/c1-9-49(10-2)37-20-15-21-41(45(37)35-27-30(3)38(29-40(35)49)47(4,5)6)50(42-22-16-24-44-46(42)34-18-12-14-23-43(34)51-44)31-25-26-33-32-17-11-13-19-36(32)48(7,8)39(33)28-31/h11-29H,9-10H2,1-8H3/i1D3,2D3,9D2,10D2. The van der Waals surface area contributed by atoms with Gasteiger partial charge in [0, 0.05) is 41.2 Å². The molecule has 2 aliphatic rings. The Bertz CT molecular complexity index is 2920. The van der Waals surface area contributed by atoms with Crippen molar-refractivity contribution in [3.63, 3.8) is 0 Å². The number of aryl methyl sites for hydroxylation is 1. The summed E-state index contributed by atoms with van der Waals surface area (Å²) in [4.78, 5) is 2.06. The molecule has 0 unspecified atom stereocenters. The summed E-state index contributed by atoms with van der Waals surface area (Å²) in [5.74, 6) is 0. The second kappa shape index (κ2) is 11.0. The molecule has 0 fully saturated rings. The van der Waals surface area contributed by atoms with Crippen molar-refractivity contribution in [2.45, 2.75) is 84.2 Å². The summed E-state index contributed by atoms with van der Waals surface area (Å²) in [7, 11) is 0. The first-order chi connectivity index (χ1) is 28.4. The summed E-state index contributed by atoms with van der Waals surface area (Å²) >= 11 is 0. The second-order valence-electron chi connectivity index (χ2n) is 15.6. The molecule has 0 aliphatic heterocycles. The van der Waals surface area contributed by atoms with E-state index in [0.717, 1.165) is 44.3 Å². The van der Waals surface area contributed by atoms with Crippen LogP contribution in [0.15, 0.2) is 120 Å². The van der Waals surface area contributed by atoms with E-state index in [4.69, 9.17) is 12.6 Å². The van der Waals surface area contributed by atoms with E-state index in [0.29, 0.717) is 33.7 Å². The molecule has 2 aliphatic carbocycles. The van der Waals surface area contributed by atoms with Gasteiger partial charge in [0.25, 0.3) is 0 Å². The van der Waals surface area contributed by atoms with Gasteiger partial charge in [0.1, 0.15) is 11.2 Å². The molecule has 51 heavy (non-hydrogen) atoms. The first-order valence-electron chi connectivity index (χ1n) is 22.6. The number of nitrogens with zero attached hydrogens (tertiary/aromatic N) is 1. The molecule has 0 radical (unpaired) electrons. The van der Waals surface area contributed by atoms with E-state index >= 15 is 0 Å². The van der Waals surface area contributed by atoms with E-state index in [9.17, 15) is 5.48 Å². The van der Waals surface area contributed by atoms with Crippen molar-refractivity contribution >= 4 is 39.0 Å². The zero-order chi connectivity index (χ0) is 44.0. The van der Waals surface area contributed by atoms with Crippen LogP contribution in [-0.2, 0) is 16.2 Å². The van der Waals surface area contributed by atoms with Crippen LogP contribution in [0.25, 0.3) is 44.2 Å². The Morgan fingerprint density at radius 1 is 0.667 bits per heavy atom. The second-order valence-corrected chi connectivity index (χ2v) is 15.6. The monoisotopic (exact) mass is 675 g/mol. The maximum atomic E-state index is 9.66. The molecule has 0 spiro atoms. The highest BCUT2D eigenvalue weighted by Crippen LogP contribution is 2.59. The molecular formula is C49H47NO. The van der Waals surface area contributed by atoms with Crippen molar-refractivity contribution in [2.24, 2.45) is 0 Å². The van der Waals surface area contributed by atoms with Crippen molar-refractivity contribution in [3.05, 3.63) is 149 Å². The van der Waals surface area contributed by atoms with Crippen LogP contribution in [0.5, 0.6) is 0 Å². The maximum absolute atomic E-state index is 9.66. The summed E-state index contributed by atoms with van der Waals surface area (Å²) < 4.78 is 97.4. The zero-order valence-corrected chi connectivity index (χ0v) is 29.8. The molecule has 1 heterocycles. The summed E-state index contributed by atoms with van der Waals surface area (Å²) in [6.45, 7) is 5.31. The number of furan rings is 1. The molecule has 2 nitrogen and oxygen atoms in total. The van der Waals surface area contributed by atoms with E-state index in [1.165, 1.54) is 11.6 Å². The van der Waals surface area contributed by atoms with Crippen molar-refractivity contribution in [2.75, 3.05) is 4.90 Å². The molecule has 6 aromatic carbocycles. The van der Waals surface area contributed by atoms with Gasteiger partial charge < -0.3 is 9.32 Å². The lowest BCUT2D eigenvalue weighted by Crippen LogP contribution is -2.24. The highest BCUT2D eigenvalue weighted by atomic mass is 16.3. The Kier molecular flexibility index (Phi) is 4.87. The number of para-hydroxylation sites is 1. The van der Waals surface area contributed by atoms with Crippen LogP contribution < -0.4 is 4.90 Å². The molecule has 7 aromatic rings. The Hall–Kier alpha value is -5.08. The van der Waals surface area contributed by atoms with Crippen LogP contribution >= 0.6 is 0 Å². The van der Waals surface area contributed by atoms with Gasteiger partial charge in [-0.3, -0.25) is 0 Å². The van der Waals surface area contributed by atoms with Gasteiger partial charge >= 0.3 is 0 Å². The third-order valence-corrected chi connectivity index (χ3v) is 11.4. The number of benzene rings is 6. The number of anilines is 3. The Balaban J connectivity index is 1.46. The molecule has 2 heteroatoms. The van der Waals surface area contributed by atoms with Crippen LogP contribution in [0.1, 0.15) is 108 Å². The molecular weight excluding hydrogens is 619 g/mol. The third kappa shape index (κ3) is 4.35. The van der Waals surface area contributed by atoms with Crippen LogP contribution in [0, 0.1) is 6.92 Å². The van der Waals surface area contributed by atoms with Gasteiger partial charge in [-0.05, 0) is 112 Å². The Morgan fingerprint density at radius 2 is 1.35 bits per heavy atom. The molecule has 0 saturated carbocycles. The normalized spacial score (nSPS) is 19.1. The van der Waals surface area contributed by atoms with Crippen molar-refractivity contribution in [3.8, 4) is 22.3 Å². The Labute approximate surface area is 316 Å². The van der Waals surface area contributed by atoms with E-state index in [1.54, 1.807) is 12.1 Å². The minimum atomic E-state index is -3.46. The molecule has 254 valence electrons. The minimum absolute atomic E-state index is 0.00909. The fraction of sp³-hybridized carbons (Fsp3) is 0.265. The lowest BCUT2D eigenvalue weighted by Gasteiger charge is -2.32. The van der Waals surface area contributed by atoms with Gasteiger partial charge in [0.05, 0.1) is 16.8 Å². The van der Waals surface area contributed by atoms with Crippen molar-refractivity contribution < 1.29 is 18.1 Å². The molecule has 0 saturated heterocycles. The van der Waals surface area contributed by atoms with Gasteiger partial charge in [-0.1, -0.05) is 127 Å². The number of rotatable bonds is 5. The lowest BCUT2D eigenvalue weighted by atomic mass is 9.72. The predicted octanol–water partition coefficient (Wildman–Crippen LogP) is 14.1. The topological polar surface area (TPSA) is 16.4 Å². The SMILES string of the molecule is [2H]C([2H])([2H])C([2H])([2H])C1(C([2H])([2H])C([2H])([2H])[2H])c2cc(C(C)(C)C)c(C)cc2-c2c(N(c3ccc4c(c3)C(C)(C)c3ccccc3-4)c3cccc4oc5ccccc5c34)cccc21. The number of fused-ring (bicyclic) bond motifs is 9. The fourth-order valence-electron chi connectivity index (χ4n) is 8.98. The highest BCUT2D eigenvalue weighted by molar-refractivity contribution is 6.14. The number of hydrogen-bond acceptors (Lipinski definition) is 2. The third-order valence-electron chi connectivity index (χ3n) is 11.4. The first-order valence-corrected chi connectivity index (χ1v) is 17.6. The molecule has 1 aromatic heterocycles.